The van der Waals surface area contributed by atoms with E-state index in [1.165, 1.54) is 0 Å². The summed E-state index contributed by atoms with van der Waals surface area (Å²) in [6, 6.07) is 0.927. The van der Waals surface area contributed by atoms with E-state index in [1.54, 1.807) is 0 Å². The number of halogens is 6. The summed E-state index contributed by atoms with van der Waals surface area (Å²) < 4.78 is 84.5. The Balaban J connectivity index is 0.00000361. The second-order valence-electron chi connectivity index (χ2n) is 3.94. The van der Waals surface area contributed by atoms with Crippen LogP contribution in [-0.2, 0) is 9.84 Å². The molecule has 0 aliphatic heterocycles. The minimum Gasteiger partial charge on any atom is -0.319 e. The quantitative estimate of drug-likeness (QED) is 0.861. The van der Waals surface area contributed by atoms with Gasteiger partial charge in [0.15, 0.2) is 9.84 Å². The van der Waals surface area contributed by atoms with Crippen molar-refractivity contribution in [2.75, 3.05) is 6.26 Å². The highest BCUT2D eigenvalue weighted by Gasteiger charge is 2.61. The van der Waals surface area contributed by atoms with Crippen LogP contribution in [0, 0.1) is 0 Å². The van der Waals surface area contributed by atoms with Crippen LogP contribution in [0.25, 0.3) is 0 Å². The molecule has 0 bridgehead atoms. The van der Waals surface area contributed by atoms with Crippen LogP contribution < -0.4 is 5.73 Å². The summed E-state index contributed by atoms with van der Waals surface area (Å²) in [7, 11) is -3.56. The smallest absolute Gasteiger partial charge is 0.319 e. The molecule has 20 heavy (non-hydrogen) atoms. The first-order valence-electron chi connectivity index (χ1n) is 4.87. The normalized spacial score (nSPS) is 14.6. The van der Waals surface area contributed by atoms with E-state index in [0.717, 1.165) is 30.5 Å². The molecule has 116 valence electrons. The standard InChI is InChI=1S/C10H10F5NO2S.ClH/c1-19(17,18)7-4-2-6(3-5-7)8(16)9(11,12)10(13,14)15;/h2-5,8H,16H2,1H3;1H/t8-;/m0./s1. The molecular formula is C10H11ClF5NO2S. The fourth-order valence-electron chi connectivity index (χ4n) is 1.31. The van der Waals surface area contributed by atoms with Gasteiger partial charge in [0.2, 0.25) is 0 Å². The zero-order valence-corrected chi connectivity index (χ0v) is 11.6. The predicted molar refractivity (Wildman–Crippen MR) is 64.7 cm³/mol. The van der Waals surface area contributed by atoms with E-state index in [4.69, 9.17) is 5.73 Å². The molecule has 1 rings (SSSR count). The van der Waals surface area contributed by atoms with Crippen LogP contribution in [0.1, 0.15) is 11.6 Å². The highest BCUT2D eigenvalue weighted by Crippen LogP contribution is 2.43. The molecule has 0 heterocycles. The van der Waals surface area contributed by atoms with Gasteiger partial charge in [-0.1, -0.05) is 12.1 Å². The lowest BCUT2D eigenvalue weighted by molar-refractivity contribution is -0.291. The zero-order valence-electron chi connectivity index (χ0n) is 9.99. The van der Waals surface area contributed by atoms with Gasteiger partial charge in [-0.2, -0.15) is 22.0 Å². The maximum atomic E-state index is 13.0. The maximum absolute atomic E-state index is 13.0. The molecule has 10 heteroatoms. The van der Waals surface area contributed by atoms with Gasteiger partial charge in [-0.05, 0) is 17.7 Å². The number of alkyl halides is 5. The van der Waals surface area contributed by atoms with Gasteiger partial charge >= 0.3 is 12.1 Å². The Kier molecular flexibility index (Phi) is 5.55. The van der Waals surface area contributed by atoms with E-state index in [0.29, 0.717) is 0 Å². The maximum Gasteiger partial charge on any atom is 0.455 e. The average Bonchev–Trinajstić information content (AvgIpc) is 2.25. The number of sulfone groups is 1. The fourth-order valence-corrected chi connectivity index (χ4v) is 1.94. The summed E-state index contributed by atoms with van der Waals surface area (Å²) >= 11 is 0. The Labute approximate surface area is 118 Å². The fraction of sp³-hybridized carbons (Fsp3) is 0.400. The molecule has 2 N–H and O–H groups in total. The Morgan fingerprint density at radius 2 is 1.45 bits per heavy atom. The van der Waals surface area contributed by atoms with E-state index < -0.39 is 33.5 Å². The van der Waals surface area contributed by atoms with Gasteiger partial charge in [0.1, 0.15) is 6.04 Å². The van der Waals surface area contributed by atoms with Gasteiger partial charge in [0.25, 0.3) is 0 Å². The predicted octanol–water partition coefficient (Wildman–Crippen LogP) is 2.71. The molecule has 0 saturated heterocycles. The third-order valence-corrected chi connectivity index (χ3v) is 3.56. The van der Waals surface area contributed by atoms with Crippen molar-refractivity contribution in [2.24, 2.45) is 5.73 Å². The van der Waals surface area contributed by atoms with E-state index in [2.05, 4.69) is 0 Å². The first kappa shape index (κ1) is 19.1. The largest absolute Gasteiger partial charge is 0.455 e. The van der Waals surface area contributed by atoms with Crippen LogP contribution in [-0.4, -0.2) is 26.8 Å². The van der Waals surface area contributed by atoms with Gasteiger partial charge < -0.3 is 5.73 Å². The Hall–Kier alpha value is -0.930. The van der Waals surface area contributed by atoms with Crippen LogP contribution in [0.3, 0.4) is 0 Å². The van der Waals surface area contributed by atoms with Crippen molar-refractivity contribution in [1.29, 1.82) is 0 Å². The molecule has 1 aromatic rings. The lowest BCUT2D eigenvalue weighted by atomic mass is 10.0. The molecule has 0 aliphatic carbocycles. The van der Waals surface area contributed by atoms with Crippen molar-refractivity contribution >= 4 is 22.2 Å². The van der Waals surface area contributed by atoms with E-state index >= 15 is 0 Å². The summed E-state index contributed by atoms with van der Waals surface area (Å²) in [5.41, 5.74) is 4.39. The van der Waals surface area contributed by atoms with Crippen LogP contribution in [0.15, 0.2) is 29.2 Å². The van der Waals surface area contributed by atoms with Crippen molar-refractivity contribution < 1.29 is 30.4 Å². The van der Waals surface area contributed by atoms with Gasteiger partial charge in [-0.15, -0.1) is 12.4 Å². The average molecular weight is 340 g/mol. The number of benzene rings is 1. The van der Waals surface area contributed by atoms with Gasteiger partial charge in [-0.25, -0.2) is 8.42 Å². The highest BCUT2D eigenvalue weighted by atomic mass is 35.5. The second kappa shape index (κ2) is 5.82. The van der Waals surface area contributed by atoms with Crippen LogP contribution in [0.4, 0.5) is 22.0 Å². The molecule has 0 aliphatic rings. The number of hydrogen-bond donors (Lipinski definition) is 1. The first-order valence-corrected chi connectivity index (χ1v) is 6.76. The van der Waals surface area contributed by atoms with Crippen LogP contribution in [0.5, 0.6) is 0 Å². The van der Waals surface area contributed by atoms with Crippen LogP contribution >= 0.6 is 12.4 Å². The molecule has 0 spiro atoms. The highest BCUT2D eigenvalue weighted by molar-refractivity contribution is 7.90. The second-order valence-corrected chi connectivity index (χ2v) is 5.96. The van der Waals surface area contributed by atoms with Gasteiger partial charge in [0.05, 0.1) is 4.90 Å². The first-order chi connectivity index (χ1) is 8.37. The Morgan fingerprint density at radius 3 is 1.75 bits per heavy atom. The minimum atomic E-state index is -5.78. The van der Waals surface area contributed by atoms with Crippen molar-refractivity contribution in [3.63, 3.8) is 0 Å². The Bertz CT molecular complexity index is 556. The minimum absolute atomic E-state index is 0. The number of rotatable bonds is 3. The lowest BCUT2D eigenvalue weighted by Crippen LogP contribution is -2.45. The lowest BCUT2D eigenvalue weighted by Gasteiger charge is -2.25. The Morgan fingerprint density at radius 1 is 1.05 bits per heavy atom. The van der Waals surface area contributed by atoms with Gasteiger partial charge in [0, 0.05) is 6.26 Å². The molecule has 1 atom stereocenters. The van der Waals surface area contributed by atoms with Crippen molar-refractivity contribution in [3.8, 4) is 0 Å². The molecule has 1 aromatic carbocycles. The van der Waals surface area contributed by atoms with E-state index in [-0.39, 0.29) is 17.3 Å². The molecule has 0 aromatic heterocycles. The monoisotopic (exact) mass is 339 g/mol. The summed E-state index contributed by atoms with van der Waals surface area (Å²) in [6.07, 6.45) is -4.89. The zero-order chi connectivity index (χ0) is 15.1. The summed E-state index contributed by atoms with van der Waals surface area (Å²) in [6.45, 7) is 0. The molecule has 3 nitrogen and oxygen atoms in total. The van der Waals surface area contributed by atoms with Crippen molar-refractivity contribution in [2.45, 2.75) is 23.0 Å². The van der Waals surface area contributed by atoms with E-state index in [1.807, 2.05) is 0 Å². The van der Waals surface area contributed by atoms with Crippen LogP contribution in [0.2, 0.25) is 0 Å². The number of hydrogen-bond acceptors (Lipinski definition) is 3. The third kappa shape index (κ3) is 3.80. The van der Waals surface area contributed by atoms with Crippen molar-refractivity contribution in [3.05, 3.63) is 29.8 Å². The summed E-state index contributed by atoms with van der Waals surface area (Å²) in [5.74, 6) is -5.10. The number of nitrogens with two attached hydrogens (primary N) is 1. The van der Waals surface area contributed by atoms with E-state index in [9.17, 15) is 30.4 Å². The summed E-state index contributed by atoms with van der Waals surface area (Å²) in [5, 5.41) is 0. The molecule has 0 radical (unpaired) electrons. The molecular weight excluding hydrogens is 329 g/mol. The topological polar surface area (TPSA) is 60.2 Å². The molecule has 0 unspecified atom stereocenters. The third-order valence-electron chi connectivity index (χ3n) is 2.44. The van der Waals surface area contributed by atoms with Crippen molar-refractivity contribution in [1.82, 2.24) is 0 Å². The molecule has 0 amide bonds. The van der Waals surface area contributed by atoms with Gasteiger partial charge in [-0.3, -0.25) is 0 Å². The molecule has 0 saturated carbocycles. The SMILES string of the molecule is CS(=O)(=O)c1ccc([C@H](N)C(F)(F)C(F)(F)F)cc1.Cl. The molecule has 0 fully saturated rings. The summed E-state index contributed by atoms with van der Waals surface area (Å²) in [4.78, 5) is -0.196.